The summed E-state index contributed by atoms with van der Waals surface area (Å²) in [7, 11) is 0. The van der Waals surface area contributed by atoms with Crippen LogP contribution in [0, 0.1) is 5.41 Å². The number of anilines is 1. The molecule has 0 bridgehead atoms. The maximum Gasteiger partial charge on any atom is 0.342 e. The number of H-pyrrole nitrogens is 2. The third-order valence-electron chi connectivity index (χ3n) is 3.09. The van der Waals surface area contributed by atoms with Crippen molar-refractivity contribution in [2.45, 2.75) is 19.8 Å². The molecule has 0 atom stereocenters. The van der Waals surface area contributed by atoms with E-state index in [1.807, 2.05) is 0 Å². The van der Waals surface area contributed by atoms with Gasteiger partial charge in [-0.1, -0.05) is 6.92 Å². The summed E-state index contributed by atoms with van der Waals surface area (Å²) in [6.07, 6.45) is 1.89. The molecule has 1 aromatic heterocycles. The van der Waals surface area contributed by atoms with Crippen molar-refractivity contribution in [2.24, 2.45) is 5.41 Å². The highest BCUT2D eigenvalue weighted by Crippen LogP contribution is 2.29. The molecular formula is C10H16N4O3. The Morgan fingerprint density at radius 3 is 2.76 bits per heavy atom. The van der Waals surface area contributed by atoms with Gasteiger partial charge in [-0.3, -0.25) is 9.78 Å². The van der Waals surface area contributed by atoms with Crippen LogP contribution in [0.5, 0.6) is 0 Å². The fourth-order valence-corrected chi connectivity index (χ4v) is 1.81. The summed E-state index contributed by atoms with van der Waals surface area (Å²) in [6, 6.07) is 0. The van der Waals surface area contributed by atoms with Crippen molar-refractivity contribution in [3.8, 4) is 0 Å². The third kappa shape index (κ3) is 2.94. The van der Waals surface area contributed by atoms with Crippen molar-refractivity contribution >= 4 is 5.82 Å². The molecule has 1 fully saturated rings. The molecule has 1 aliphatic heterocycles. The summed E-state index contributed by atoms with van der Waals surface area (Å²) in [6.45, 7) is 4.27. The summed E-state index contributed by atoms with van der Waals surface area (Å²) < 4.78 is 5.30. The lowest BCUT2D eigenvalue weighted by molar-refractivity contribution is 0.0299. The summed E-state index contributed by atoms with van der Waals surface area (Å²) in [5, 5.41) is 8.83. The summed E-state index contributed by atoms with van der Waals surface area (Å²) in [5.41, 5.74) is -0.995. The molecule has 0 radical (unpaired) electrons. The Balaban J connectivity index is 2.02. The molecular weight excluding hydrogens is 224 g/mol. The standard InChI is InChI=1S/C10H16N4O3/c1-10(2-4-17-5-3-10)6-11-7-8(15)12-9(16)14-13-7/h2-6H2,1H3,(H,11,13)(H2,12,14,15,16). The Hall–Kier alpha value is -1.63. The summed E-state index contributed by atoms with van der Waals surface area (Å²) in [4.78, 5) is 24.3. The van der Waals surface area contributed by atoms with Gasteiger partial charge in [0.05, 0.1) is 0 Å². The second-order valence-corrected chi connectivity index (χ2v) is 4.63. The van der Waals surface area contributed by atoms with Crippen molar-refractivity contribution < 1.29 is 4.74 Å². The highest BCUT2D eigenvalue weighted by atomic mass is 16.5. The third-order valence-corrected chi connectivity index (χ3v) is 3.09. The Morgan fingerprint density at radius 2 is 2.12 bits per heavy atom. The Kier molecular flexibility index (Phi) is 3.28. The predicted molar refractivity (Wildman–Crippen MR) is 62.1 cm³/mol. The molecule has 3 N–H and O–H groups in total. The van der Waals surface area contributed by atoms with Crippen LogP contribution in [0.25, 0.3) is 0 Å². The molecule has 2 heterocycles. The highest BCUT2D eigenvalue weighted by Gasteiger charge is 2.27. The number of hydrogen-bond donors (Lipinski definition) is 3. The molecule has 1 aliphatic rings. The van der Waals surface area contributed by atoms with Gasteiger partial charge < -0.3 is 10.1 Å². The monoisotopic (exact) mass is 240 g/mol. The molecule has 17 heavy (non-hydrogen) atoms. The molecule has 7 nitrogen and oxygen atoms in total. The Labute approximate surface area is 97.6 Å². The van der Waals surface area contributed by atoms with Gasteiger partial charge in [-0.2, -0.15) is 0 Å². The Bertz CT molecular complexity index is 487. The maximum absolute atomic E-state index is 11.4. The van der Waals surface area contributed by atoms with E-state index in [0.717, 1.165) is 26.1 Å². The van der Waals surface area contributed by atoms with E-state index in [0.29, 0.717) is 6.54 Å². The molecule has 0 saturated carbocycles. The zero-order chi connectivity index (χ0) is 12.3. The van der Waals surface area contributed by atoms with Crippen LogP contribution in [0.2, 0.25) is 0 Å². The summed E-state index contributed by atoms with van der Waals surface area (Å²) in [5.74, 6) is 0.150. The van der Waals surface area contributed by atoms with Crippen molar-refractivity contribution in [3.63, 3.8) is 0 Å². The fraction of sp³-hybridized carbons (Fsp3) is 0.700. The molecule has 7 heteroatoms. The van der Waals surface area contributed by atoms with E-state index < -0.39 is 11.2 Å². The van der Waals surface area contributed by atoms with Crippen LogP contribution < -0.4 is 16.6 Å². The molecule has 0 unspecified atom stereocenters. The quantitative estimate of drug-likeness (QED) is 0.672. The van der Waals surface area contributed by atoms with Gasteiger partial charge in [0, 0.05) is 19.8 Å². The SMILES string of the molecule is CC1(CNc2n[nH]c(=O)[nH]c2=O)CCOCC1. The van der Waals surface area contributed by atoms with Gasteiger partial charge in [0.2, 0.25) is 5.82 Å². The van der Waals surface area contributed by atoms with E-state index in [4.69, 9.17) is 4.74 Å². The van der Waals surface area contributed by atoms with Gasteiger partial charge in [0.25, 0.3) is 5.56 Å². The van der Waals surface area contributed by atoms with Crippen LogP contribution in [0.1, 0.15) is 19.8 Å². The van der Waals surface area contributed by atoms with Gasteiger partial charge in [0.1, 0.15) is 0 Å². The smallest absolute Gasteiger partial charge is 0.342 e. The second-order valence-electron chi connectivity index (χ2n) is 4.63. The van der Waals surface area contributed by atoms with E-state index in [9.17, 15) is 9.59 Å². The molecule has 0 spiro atoms. The van der Waals surface area contributed by atoms with Crippen LogP contribution in [0.4, 0.5) is 5.82 Å². The molecule has 1 saturated heterocycles. The minimum atomic E-state index is -0.599. The topological polar surface area (TPSA) is 99.9 Å². The zero-order valence-corrected chi connectivity index (χ0v) is 9.71. The number of nitrogens with one attached hydrogen (secondary N) is 3. The van der Waals surface area contributed by atoms with Gasteiger partial charge in [0.15, 0.2) is 0 Å². The lowest BCUT2D eigenvalue weighted by atomic mass is 9.82. The number of hydrogen-bond acceptors (Lipinski definition) is 5. The molecule has 0 amide bonds. The minimum Gasteiger partial charge on any atom is -0.381 e. The fourth-order valence-electron chi connectivity index (χ4n) is 1.81. The molecule has 0 aromatic carbocycles. The Morgan fingerprint density at radius 1 is 1.41 bits per heavy atom. The van der Waals surface area contributed by atoms with Crippen LogP contribution in [0.15, 0.2) is 9.59 Å². The van der Waals surface area contributed by atoms with E-state index in [-0.39, 0.29) is 11.2 Å². The first-order chi connectivity index (χ1) is 8.09. The number of rotatable bonds is 3. The number of nitrogens with zero attached hydrogens (tertiary/aromatic N) is 1. The van der Waals surface area contributed by atoms with Crippen molar-refractivity contribution in [1.29, 1.82) is 0 Å². The van der Waals surface area contributed by atoms with Crippen LogP contribution >= 0.6 is 0 Å². The van der Waals surface area contributed by atoms with Gasteiger partial charge in [-0.25, -0.2) is 9.89 Å². The minimum absolute atomic E-state index is 0.0997. The van der Waals surface area contributed by atoms with Crippen LogP contribution in [-0.2, 0) is 4.74 Å². The lowest BCUT2D eigenvalue weighted by Gasteiger charge is -2.33. The largest absolute Gasteiger partial charge is 0.381 e. The number of aromatic amines is 2. The van der Waals surface area contributed by atoms with Gasteiger partial charge in [-0.05, 0) is 18.3 Å². The maximum atomic E-state index is 11.4. The highest BCUT2D eigenvalue weighted by molar-refractivity contribution is 5.29. The zero-order valence-electron chi connectivity index (χ0n) is 9.71. The molecule has 94 valence electrons. The van der Waals surface area contributed by atoms with Crippen molar-refractivity contribution in [2.75, 3.05) is 25.1 Å². The molecule has 2 rings (SSSR count). The first-order valence-corrected chi connectivity index (χ1v) is 5.60. The summed E-state index contributed by atoms with van der Waals surface area (Å²) >= 11 is 0. The molecule has 0 aliphatic carbocycles. The van der Waals surface area contributed by atoms with Crippen molar-refractivity contribution in [3.05, 3.63) is 20.8 Å². The van der Waals surface area contributed by atoms with Crippen molar-refractivity contribution in [1.82, 2.24) is 15.2 Å². The predicted octanol–water partition coefficient (Wildman–Crippen LogP) is -0.313. The number of aromatic nitrogens is 3. The number of ether oxygens (including phenoxy) is 1. The van der Waals surface area contributed by atoms with Gasteiger partial charge in [-0.15, -0.1) is 5.10 Å². The molecule has 1 aromatic rings. The van der Waals surface area contributed by atoms with Gasteiger partial charge >= 0.3 is 5.69 Å². The van der Waals surface area contributed by atoms with E-state index in [2.05, 4.69) is 27.4 Å². The van der Waals surface area contributed by atoms with E-state index >= 15 is 0 Å². The second kappa shape index (κ2) is 4.70. The van der Waals surface area contributed by atoms with Crippen LogP contribution in [-0.4, -0.2) is 34.9 Å². The van der Waals surface area contributed by atoms with Crippen LogP contribution in [0.3, 0.4) is 0 Å². The van der Waals surface area contributed by atoms with E-state index in [1.165, 1.54) is 0 Å². The average Bonchev–Trinajstić information content (AvgIpc) is 2.29. The van der Waals surface area contributed by atoms with E-state index in [1.54, 1.807) is 0 Å². The lowest BCUT2D eigenvalue weighted by Crippen LogP contribution is -2.35. The average molecular weight is 240 g/mol. The first-order valence-electron chi connectivity index (χ1n) is 5.60. The first kappa shape index (κ1) is 11.8. The normalized spacial score (nSPS) is 18.9.